The van der Waals surface area contributed by atoms with Gasteiger partial charge in [0.25, 0.3) is 11.6 Å². The van der Waals surface area contributed by atoms with Gasteiger partial charge in [-0.3, -0.25) is 19.8 Å². The molecule has 0 bridgehead atoms. The fourth-order valence-electron chi connectivity index (χ4n) is 2.33. The van der Waals surface area contributed by atoms with Crippen LogP contribution in [0.5, 0.6) is 0 Å². The summed E-state index contributed by atoms with van der Waals surface area (Å²) in [5, 5.41) is 20.3. The van der Waals surface area contributed by atoms with Gasteiger partial charge in [-0.2, -0.15) is 0 Å². The third-order valence-electron chi connectivity index (χ3n) is 3.74. The first kappa shape index (κ1) is 18.2. The number of nitro benzene ring substituents is 1. The van der Waals surface area contributed by atoms with Gasteiger partial charge in [-0.25, -0.2) is 0 Å². The molecule has 7 nitrogen and oxygen atoms in total. The number of halogens is 1. The Morgan fingerprint density at radius 1 is 1.19 bits per heavy atom. The third kappa shape index (κ3) is 3.63. The van der Waals surface area contributed by atoms with Crippen molar-refractivity contribution in [2.75, 3.05) is 11.9 Å². The van der Waals surface area contributed by atoms with E-state index in [0.717, 1.165) is 10.0 Å². The summed E-state index contributed by atoms with van der Waals surface area (Å²) >= 11 is 4.68. The van der Waals surface area contributed by atoms with Crippen molar-refractivity contribution in [3.63, 3.8) is 0 Å². The zero-order valence-electron chi connectivity index (χ0n) is 13.8. The highest BCUT2D eigenvalue weighted by atomic mass is 79.9. The lowest BCUT2D eigenvalue weighted by molar-refractivity contribution is -0.385. The van der Waals surface area contributed by atoms with Crippen LogP contribution < -0.4 is 4.90 Å². The molecule has 9 heteroatoms. The summed E-state index contributed by atoms with van der Waals surface area (Å²) < 4.78 is 0.965. The molecule has 2 aromatic carbocycles. The van der Waals surface area contributed by atoms with Crippen LogP contribution in [0.1, 0.15) is 15.9 Å². The van der Waals surface area contributed by atoms with Crippen LogP contribution in [0.3, 0.4) is 0 Å². The molecule has 0 aliphatic carbocycles. The number of hydrogen-bond acceptors (Lipinski definition) is 6. The van der Waals surface area contributed by atoms with Gasteiger partial charge >= 0.3 is 0 Å². The predicted octanol–water partition coefficient (Wildman–Crippen LogP) is 4.46. The lowest BCUT2D eigenvalue weighted by atomic mass is 10.1. The van der Waals surface area contributed by atoms with E-state index in [2.05, 4.69) is 26.1 Å². The third-order valence-corrected chi connectivity index (χ3v) is 5.31. The van der Waals surface area contributed by atoms with Crippen molar-refractivity contribution in [2.45, 2.75) is 6.92 Å². The SMILES string of the molecule is Cc1cc(C(=O)N(C)c2nnc(-c3ccc(Br)cc3)s2)ccc1[N+](=O)[O-]. The van der Waals surface area contributed by atoms with E-state index in [-0.39, 0.29) is 11.6 Å². The lowest BCUT2D eigenvalue weighted by Gasteiger charge is -2.13. The van der Waals surface area contributed by atoms with Crippen LogP contribution in [-0.2, 0) is 0 Å². The van der Waals surface area contributed by atoms with Gasteiger partial charge in [-0.15, -0.1) is 10.2 Å². The van der Waals surface area contributed by atoms with Gasteiger partial charge in [-0.1, -0.05) is 39.4 Å². The van der Waals surface area contributed by atoms with E-state index in [1.807, 2.05) is 24.3 Å². The first-order chi connectivity index (χ1) is 12.4. The molecule has 1 amide bonds. The summed E-state index contributed by atoms with van der Waals surface area (Å²) in [7, 11) is 1.60. The van der Waals surface area contributed by atoms with Gasteiger partial charge in [0.05, 0.1) is 4.92 Å². The molecular formula is C17H13BrN4O3S. The maximum absolute atomic E-state index is 12.7. The van der Waals surface area contributed by atoms with Crippen molar-refractivity contribution in [3.8, 4) is 10.6 Å². The number of anilines is 1. The van der Waals surface area contributed by atoms with Crippen LogP contribution in [0.4, 0.5) is 10.8 Å². The number of nitrogens with zero attached hydrogens (tertiary/aromatic N) is 4. The van der Waals surface area contributed by atoms with E-state index in [1.54, 1.807) is 14.0 Å². The molecule has 0 unspecified atom stereocenters. The van der Waals surface area contributed by atoms with E-state index < -0.39 is 4.92 Å². The second kappa shape index (κ2) is 7.30. The number of carbonyl (C=O) groups excluding carboxylic acids is 1. The van der Waals surface area contributed by atoms with E-state index in [0.29, 0.717) is 21.3 Å². The second-order valence-electron chi connectivity index (χ2n) is 5.52. The molecule has 132 valence electrons. The van der Waals surface area contributed by atoms with Crippen molar-refractivity contribution >= 4 is 44.0 Å². The van der Waals surface area contributed by atoms with E-state index in [4.69, 9.17) is 0 Å². The van der Waals surface area contributed by atoms with Crippen LogP contribution in [-0.4, -0.2) is 28.1 Å². The summed E-state index contributed by atoms with van der Waals surface area (Å²) in [5.74, 6) is -0.304. The van der Waals surface area contributed by atoms with E-state index in [1.165, 1.54) is 34.4 Å². The number of benzene rings is 2. The molecule has 0 radical (unpaired) electrons. The molecule has 26 heavy (non-hydrogen) atoms. The molecule has 0 saturated carbocycles. The standard InChI is InChI=1S/C17H13BrN4O3S/c1-10-9-12(5-8-14(10)22(24)25)16(23)21(2)17-20-19-15(26-17)11-3-6-13(18)7-4-11/h3-9H,1-2H3. The molecule has 0 aliphatic heterocycles. The molecular weight excluding hydrogens is 420 g/mol. The molecule has 3 aromatic rings. The highest BCUT2D eigenvalue weighted by molar-refractivity contribution is 9.10. The number of hydrogen-bond donors (Lipinski definition) is 0. The number of nitro groups is 1. The first-order valence-electron chi connectivity index (χ1n) is 7.49. The Kier molecular flexibility index (Phi) is 5.10. The topological polar surface area (TPSA) is 89.2 Å². The summed E-state index contributed by atoms with van der Waals surface area (Å²) in [6.07, 6.45) is 0. The van der Waals surface area contributed by atoms with Gasteiger partial charge in [-0.05, 0) is 31.2 Å². The molecule has 0 N–H and O–H groups in total. The Hall–Kier alpha value is -2.65. The molecule has 0 saturated heterocycles. The monoisotopic (exact) mass is 432 g/mol. The van der Waals surface area contributed by atoms with Gasteiger partial charge in [0.15, 0.2) is 0 Å². The van der Waals surface area contributed by atoms with Crippen LogP contribution in [0.15, 0.2) is 46.9 Å². The minimum Gasteiger partial charge on any atom is -0.286 e. The fourth-order valence-corrected chi connectivity index (χ4v) is 3.41. The number of aromatic nitrogens is 2. The van der Waals surface area contributed by atoms with E-state index in [9.17, 15) is 14.9 Å². The zero-order valence-corrected chi connectivity index (χ0v) is 16.2. The molecule has 0 fully saturated rings. The quantitative estimate of drug-likeness (QED) is 0.448. The minimum absolute atomic E-state index is 0.0161. The molecule has 3 rings (SSSR count). The Balaban J connectivity index is 1.84. The van der Waals surface area contributed by atoms with Gasteiger partial charge in [0, 0.05) is 34.3 Å². The molecule has 0 spiro atoms. The smallest absolute Gasteiger partial charge is 0.272 e. The number of carbonyl (C=O) groups is 1. The van der Waals surface area contributed by atoms with E-state index >= 15 is 0 Å². The maximum Gasteiger partial charge on any atom is 0.272 e. The average molecular weight is 433 g/mol. The predicted molar refractivity (Wildman–Crippen MR) is 104 cm³/mol. The van der Waals surface area contributed by atoms with Gasteiger partial charge in [0.1, 0.15) is 5.01 Å². The van der Waals surface area contributed by atoms with Crippen molar-refractivity contribution in [2.24, 2.45) is 0 Å². The molecule has 1 heterocycles. The van der Waals surface area contributed by atoms with Crippen LogP contribution >= 0.6 is 27.3 Å². The summed E-state index contributed by atoms with van der Waals surface area (Å²) in [5.41, 5.74) is 1.68. The van der Waals surface area contributed by atoms with Crippen molar-refractivity contribution in [1.82, 2.24) is 10.2 Å². The lowest BCUT2D eigenvalue weighted by Crippen LogP contribution is -2.26. The van der Waals surface area contributed by atoms with Crippen LogP contribution in [0, 0.1) is 17.0 Å². The normalized spacial score (nSPS) is 10.6. The Labute approximate surface area is 161 Å². The highest BCUT2D eigenvalue weighted by Gasteiger charge is 2.20. The average Bonchev–Trinajstić information content (AvgIpc) is 3.10. The number of aryl methyl sites for hydroxylation is 1. The minimum atomic E-state index is -0.470. The molecule has 1 aromatic heterocycles. The first-order valence-corrected chi connectivity index (χ1v) is 9.10. The van der Waals surface area contributed by atoms with Crippen molar-refractivity contribution < 1.29 is 9.72 Å². The van der Waals surface area contributed by atoms with Crippen molar-refractivity contribution in [3.05, 3.63) is 68.2 Å². The zero-order chi connectivity index (χ0) is 18.8. The van der Waals surface area contributed by atoms with Gasteiger partial charge < -0.3 is 0 Å². The molecule has 0 aliphatic rings. The molecule has 0 atom stereocenters. The summed E-state index contributed by atoms with van der Waals surface area (Å²) in [4.78, 5) is 24.5. The highest BCUT2D eigenvalue weighted by Crippen LogP contribution is 2.30. The Morgan fingerprint density at radius 2 is 1.88 bits per heavy atom. The van der Waals surface area contributed by atoms with Crippen LogP contribution in [0.25, 0.3) is 10.6 Å². The van der Waals surface area contributed by atoms with Crippen molar-refractivity contribution in [1.29, 1.82) is 0 Å². The van der Waals surface area contributed by atoms with Crippen LogP contribution in [0.2, 0.25) is 0 Å². The summed E-state index contributed by atoms with van der Waals surface area (Å²) in [6.45, 7) is 1.60. The summed E-state index contributed by atoms with van der Waals surface area (Å²) in [6, 6.07) is 11.9. The Bertz CT molecular complexity index is 988. The number of amides is 1. The van der Waals surface area contributed by atoms with Gasteiger partial charge in [0.2, 0.25) is 5.13 Å². The number of rotatable bonds is 4. The Morgan fingerprint density at radius 3 is 2.50 bits per heavy atom. The fraction of sp³-hybridized carbons (Fsp3) is 0.118. The largest absolute Gasteiger partial charge is 0.286 e. The maximum atomic E-state index is 12.7. The second-order valence-corrected chi connectivity index (χ2v) is 7.39.